The monoisotopic (exact) mass is 338 g/mol. The summed E-state index contributed by atoms with van der Waals surface area (Å²) in [6.07, 6.45) is 1.69. The van der Waals surface area contributed by atoms with Crippen molar-refractivity contribution in [2.75, 3.05) is 7.05 Å². The van der Waals surface area contributed by atoms with Gasteiger partial charge in [0, 0.05) is 18.7 Å². The van der Waals surface area contributed by atoms with E-state index in [-0.39, 0.29) is 11.9 Å². The number of furan rings is 1. The zero-order valence-electron chi connectivity index (χ0n) is 14.9. The lowest BCUT2D eigenvalue weighted by atomic mass is 10.1. The fourth-order valence-corrected chi connectivity index (χ4v) is 2.78. The molecule has 0 saturated carbocycles. The highest BCUT2D eigenvalue weighted by molar-refractivity contribution is 5.99. The minimum Gasteiger partial charge on any atom is -0.461 e. The van der Waals surface area contributed by atoms with Crippen LogP contribution in [-0.2, 0) is 6.54 Å². The van der Waals surface area contributed by atoms with Crippen LogP contribution in [0.4, 0.5) is 0 Å². The van der Waals surface area contributed by atoms with E-state index in [2.05, 4.69) is 24.0 Å². The number of benzene rings is 1. The van der Waals surface area contributed by atoms with Crippen molar-refractivity contribution in [1.82, 2.24) is 19.7 Å². The summed E-state index contributed by atoms with van der Waals surface area (Å²) in [6, 6.07) is 11.7. The number of amides is 1. The first-order chi connectivity index (χ1) is 12.0. The summed E-state index contributed by atoms with van der Waals surface area (Å²) in [5.41, 5.74) is 1.44. The van der Waals surface area contributed by atoms with Crippen LogP contribution in [0.3, 0.4) is 0 Å². The lowest BCUT2D eigenvalue weighted by Crippen LogP contribution is -2.28. The summed E-state index contributed by atoms with van der Waals surface area (Å²) >= 11 is 0. The molecule has 3 aromatic rings. The quantitative estimate of drug-likeness (QED) is 0.711. The van der Waals surface area contributed by atoms with Gasteiger partial charge >= 0.3 is 0 Å². The van der Waals surface area contributed by atoms with E-state index < -0.39 is 0 Å². The normalized spacial score (nSPS) is 11.1. The van der Waals surface area contributed by atoms with Crippen molar-refractivity contribution in [3.05, 3.63) is 59.9 Å². The van der Waals surface area contributed by atoms with Crippen LogP contribution in [0, 0.1) is 6.92 Å². The Kier molecular flexibility index (Phi) is 4.70. The second-order valence-electron chi connectivity index (χ2n) is 6.38. The molecule has 0 bridgehead atoms. The standard InChI is InChI=1S/C19H22N4O2/c1-13(2)23-12-20-21-17(23)11-22(4)19(24)16-10-14(3)25-18(16)15-8-6-5-7-9-15/h5-10,12-13H,11H2,1-4H3. The third kappa shape index (κ3) is 3.47. The molecule has 0 aliphatic rings. The summed E-state index contributed by atoms with van der Waals surface area (Å²) in [6.45, 7) is 6.34. The van der Waals surface area contributed by atoms with E-state index in [1.807, 2.05) is 41.8 Å². The zero-order valence-corrected chi connectivity index (χ0v) is 14.9. The number of aromatic nitrogens is 3. The van der Waals surface area contributed by atoms with Crippen molar-refractivity contribution in [1.29, 1.82) is 0 Å². The first-order valence-corrected chi connectivity index (χ1v) is 8.27. The smallest absolute Gasteiger partial charge is 0.257 e. The zero-order chi connectivity index (χ0) is 18.0. The Bertz CT molecular complexity index is 865. The predicted octanol–water partition coefficient (Wildman–Crippen LogP) is 3.70. The van der Waals surface area contributed by atoms with Crippen LogP contribution in [0.25, 0.3) is 11.3 Å². The Morgan fingerprint density at radius 3 is 2.68 bits per heavy atom. The van der Waals surface area contributed by atoms with Crippen molar-refractivity contribution in [2.24, 2.45) is 0 Å². The number of carbonyl (C=O) groups is 1. The highest BCUT2D eigenvalue weighted by Crippen LogP contribution is 2.28. The largest absolute Gasteiger partial charge is 0.461 e. The fraction of sp³-hybridized carbons (Fsp3) is 0.316. The summed E-state index contributed by atoms with van der Waals surface area (Å²) in [7, 11) is 1.76. The highest BCUT2D eigenvalue weighted by Gasteiger charge is 2.22. The molecule has 0 fully saturated rings. The number of nitrogens with zero attached hydrogens (tertiary/aromatic N) is 4. The first kappa shape index (κ1) is 17.0. The van der Waals surface area contributed by atoms with E-state index in [0.717, 1.165) is 11.4 Å². The van der Waals surface area contributed by atoms with Crippen molar-refractivity contribution < 1.29 is 9.21 Å². The molecule has 0 saturated heterocycles. The third-order valence-corrected chi connectivity index (χ3v) is 4.05. The summed E-state index contributed by atoms with van der Waals surface area (Å²) < 4.78 is 7.75. The van der Waals surface area contributed by atoms with Crippen LogP contribution in [-0.4, -0.2) is 32.6 Å². The van der Waals surface area contributed by atoms with Gasteiger partial charge in [-0.15, -0.1) is 10.2 Å². The van der Waals surface area contributed by atoms with Crippen molar-refractivity contribution in [2.45, 2.75) is 33.4 Å². The molecular weight excluding hydrogens is 316 g/mol. The molecule has 2 aromatic heterocycles. The van der Waals surface area contributed by atoms with E-state index >= 15 is 0 Å². The molecule has 1 aromatic carbocycles. The minimum atomic E-state index is -0.103. The molecule has 0 spiro atoms. The molecule has 0 unspecified atom stereocenters. The molecule has 3 rings (SSSR count). The van der Waals surface area contributed by atoms with Crippen molar-refractivity contribution in [3.63, 3.8) is 0 Å². The molecular formula is C19H22N4O2. The molecule has 0 aliphatic heterocycles. The van der Waals surface area contributed by atoms with Crippen LogP contribution in [0.5, 0.6) is 0 Å². The number of rotatable bonds is 5. The Morgan fingerprint density at radius 2 is 2.00 bits per heavy atom. The Hall–Kier alpha value is -2.89. The van der Waals surface area contributed by atoms with Crippen LogP contribution < -0.4 is 0 Å². The van der Waals surface area contributed by atoms with Crippen molar-refractivity contribution >= 4 is 5.91 Å². The summed E-state index contributed by atoms with van der Waals surface area (Å²) in [5, 5.41) is 8.09. The van der Waals surface area contributed by atoms with Gasteiger partial charge in [0.2, 0.25) is 0 Å². The maximum atomic E-state index is 13.0. The first-order valence-electron chi connectivity index (χ1n) is 8.27. The van der Waals surface area contributed by atoms with Gasteiger partial charge in [0.25, 0.3) is 5.91 Å². The molecule has 0 N–H and O–H groups in total. The van der Waals surface area contributed by atoms with Crippen LogP contribution in [0.1, 0.15) is 41.8 Å². The van der Waals surface area contributed by atoms with Gasteiger partial charge in [0.05, 0.1) is 12.1 Å². The topological polar surface area (TPSA) is 64.2 Å². The minimum absolute atomic E-state index is 0.103. The second-order valence-corrected chi connectivity index (χ2v) is 6.38. The second kappa shape index (κ2) is 6.93. The van der Waals surface area contributed by atoms with Gasteiger partial charge in [-0.3, -0.25) is 4.79 Å². The average Bonchev–Trinajstić information content (AvgIpc) is 3.21. The molecule has 0 radical (unpaired) electrons. The molecule has 25 heavy (non-hydrogen) atoms. The molecule has 1 amide bonds. The Balaban J connectivity index is 1.87. The van der Waals surface area contributed by atoms with Gasteiger partial charge in [0.1, 0.15) is 17.8 Å². The number of hydrogen-bond donors (Lipinski definition) is 0. The average molecular weight is 338 g/mol. The highest BCUT2D eigenvalue weighted by atomic mass is 16.3. The van der Waals surface area contributed by atoms with Crippen LogP contribution in [0.15, 0.2) is 47.1 Å². The van der Waals surface area contributed by atoms with Gasteiger partial charge in [0.15, 0.2) is 5.82 Å². The lowest BCUT2D eigenvalue weighted by Gasteiger charge is -2.18. The number of carbonyl (C=O) groups excluding carboxylic acids is 1. The molecule has 0 aliphatic carbocycles. The predicted molar refractivity (Wildman–Crippen MR) is 95.1 cm³/mol. The molecule has 6 nitrogen and oxygen atoms in total. The molecule has 0 atom stereocenters. The van der Waals surface area contributed by atoms with Crippen LogP contribution >= 0.6 is 0 Å². The summed E-state index contributed by atoms with van der Waals surface area (Å²) in [4.78, 5) is 14.6. The Morgan fingerprint density at radius 1 is 1.28 bits per heavy atom. The van der Waals surface area contributed by atoms with E-state index in [1.54, 1.807) is 24.3 Å². The molecule has 130 valence electrons. The van der Waals surface area contributed by atoms with Gasteiger partial charge in [-0.1, -0.05) is 30.3 Å². The van der Waals surface area contributed by atoms with Gasteiger partial charge in [-0.05, 0) is 26.8 Å². The summed E-state index contributed by atoms with van der Waals surface area (Å²) in [5.74, 6) is 1.96. The van der Waals surface area contributed by atoms with Gasteiger partial charge in [-0.25, -0.2) is 0 Å². The number of hydrogen-bond acceptors (Lipinski definition) is 4. The Labute approximate surface area is 147 Å². The van der Waals surface area contributed by atoms with E-state index in [0.29, 0.717) is 23.6 Å². The van der Waals surface area contributed by atoms with E-state index in [4.69, 9.17) is 4.42 Å². The van der Waals surface area contributed by atoms with Crippen molar-refractivity contribution in [3.8, 4) is 11.3 Å². The maximum absolute atomic E-state index is 13.0. The van der Waals surface area contributed by atoms with Gasteiger partial charge in [-0.2, -0.15) is 0 Å². The van der Waals surface area contributed by atoms with E-state index in [1.165, 1.54) is 0 Å². The SMILES string of the molecule is Cc1cc(C(=O)N(C)Cc2nncn2C(C)C)c(-c2ccccc2)o1. The lowest BCUT2D eigenvalue weighted by molar-refractivity contribution is 0.0779. The fourth-order valence-electron chi connectivity index (χ4n) is 2.78. The molecule has 2 heterocycles. The number of aryl methyl sites for hydroxylation is 1. The van der Waals surface area contributed by atoms with Crippen LogP contribution in [0.2, 0.25) is 0 Å². The molecule has 6 heteroatoms. The van der Waals surface area contributed by atoms with Gasteiger partial charge < -0.3 is 13.9 Å². The van der Waals surface area contributed by atoms with E-state index in [9.17, 15) is 4.79 Å². The maximum Gasteiger partial charge on any atom is 0.257 e. The third-order valence-electron chi connectivity index (χ3n) is 4.05.